The van der Waals surface area contributed by atoms with E-state index in [4.69, 9.17) is 18.9 Å². The van der Waals surface area contributed by atoms with Gasteiger partial charge in [-0.15, -0.1) is 0 Å². The van der Waals surface area contributed by atoms with Gasteiger partial charge in [-0.3, -0.25) is 9.80 Å². The topological polar surface area (TPSA) is 43.4 Å². The lowest BCUT2D eigenvalue weighted by atomic mass is 9.82. The van der Waals surface area contributed by atoms with Crippen LogP contribution >= 0.6 is 0 Å². The number of hydrogen-bond donors (Lipinski definition) is 0. The number of benzene rings is 2. The van der Waals surface area contributed by atoms with E-state index in [0.29, 0.717) is 12.1 Å². The van der Waals surface area contributed by atoms with Crippen LogP contribution in [0, 0.1) is 5.92 Å². The van der Waals surface area contributed by atoms with Crippen LogP contribution in [-0.4, -0.2) is 57.5 Å². The van der Waals surface area contributed by atoms with Gasteiger partial charge in [-0.2, -0.15) is 0 Å². The first-order chi connectivity index (χ1) is 15.5. The van der Waals surface area contributed by atoms with Gasteiger partial charge in [-0.25, -0.2) is 0 Å². The summed E-state index contributed by atoms with van der Waals surface area (Å²) in [5, 5.41) is 0. The maximum Gasteiger partial charge on any atom is 0.161 e. The maximum atomic E-state index is 5.70. The van der Waals surface area contributed by atoms with E-state index in [9.17, 15) is 0 Å². The average molecular weight is 439 g/mol. The quantitative estimate of drug-likeness (QED) is 0.697. The predicted molar refractivity (Wildman–Crippen MR) is 124 cm³/mol. The maximum absolute atomic E-state index is 5.70. The van der Waals surface area contributed by atoms with Crippen molar-refractivity contribution >= 4 is 0 Å². The van der Waals surface area contributed by atoms with Crippen molar-refractivity contribution in [2.45, 2.75) is 44.9 Å². The van der Waals surface area contributed by atoms with Crippen molar-refractivity contribution in [2.24, 2.45) is 5.92 Å². The van der Waals surface area contributed by atoms with Gasteiger partial charge < -0.3 is 18.9 Å². The van der Waals surface area contributed by atoms with Gasteiger partial charge in [0, 0.05) is 13.1 Å². The Balaban J connectivity index is 1.70. The molecule has 2 aromatic carbocycles. The fourth-order valence-corrected chi connectivity index (χ4v) is 6.24. The van der Waals surface area contributed by atoms with Crippen LogP contribution in [-0.2, 0) is 12.8 Å². The zero-order valence-corrected chi connectivity index (χ0v) is 20.0. The fraction of sp³-hybridized carbons (Fsp3) is 0.538. The molecule has 0 radical (unpaired) electrons. The molecule has 3 aliphatic rings. The van der Waals surface area contributed by atoms with Crippen LogP contribution in [0.25, 0.3) is 0 Å². The van der Waals surface area contributed by atoms with E-state index in [1.54, 1.807) is 28.4 Å². The molecule has 0 amide bonds. The summed E-state index contributed by atoms with van der Waals surface area (Å²) in [7, 11) is 6.86. The average Bonchev–Trinajstić information content (AvgIpc) is 3.17. The minimum atomic E-state index is 0.267. The zero-order valence-electron chi connectivity index (χ0n) is 20.0. The lowest BCUT2D eigenvalue weighted by molar-refractivity contribution is 0.0686. The monoisotopic (exact) mass is 438 g/mol. The summed E-state index contributed by atoms with van der Waals surface area (Å²) in [6.45, 7) is 6.79. The van der Waals surface area contributed by atoms with E-state index in [0.717, 1.165) is 48.9 Å². The Hall–Kier alpha value is -2.44. The fourth-order valence-electron chi connectivity index (χ4n) is 6.24. The highest BCUT2D eigenvalue weighted by atomic mass is 16.5. The second kappa shape index (κ2) is 8.16. The Morgan fingerprint density at radius 1 is 0.656 bits per heavy atom. The number of fused-ring (bicyclic) bond motifs is 7. The molecule has 5 rings (SSSR count). The predicted octanol–water partition coefficient (Wildman–Crippen LogP) is 4.22. The molecule has 1 fully saturated rings. The molecule has 6 heteroatoms. The van der Waals surface area contributed by atoms with Crippen molar-refractivity contribution in [1.29, 1.82) is 0 Å². The first-order valence-corrected chi connectivity index (χ1v) is 11.5. The normalized spacial score (nSPS) is 22.7. The number of ether oxygens (including phenoxy) is 4. The van der Waals surface area contributed by atoms with Gasteiger partial charge in [0.25, 0.3) is 0 Å². The standard InChI is InChI=1S/C26H34N2O4/c1-15(2)26-27-9-7-16-11-20(29-3)22(31-5)13-18(16)24(27)25-19-14-23(32-6)21(30-4)12-17(19)8-10-28(25)26/h11-15,24-26H,7-10H2,1-6H3/t24-,25-/m0/s1. The third-order valence-electron chi connectivity index (χ3n) is 7.50. The summed E-state index contributed by atoms with van der Waals surface area (Å²) in [5.74, 6) is 3.76. The van der Waals surface area contributed by atoms with Gasteiger partial charge >= 0.3 is 0 Å². The third kappa shape index (κ3) is 3.07. The smallest absolute Gasteiger partial charge is 0.161 e. The van der Waals surface area contributed by atoms with Crippen molar-refractivity contribution in [3.8, 4) is 23.0 Å². The van der Waals surface area contributed by atoms with Crippen LogP contribution in [0.2, 0.25) is 0 Å². The molecule has 2 atom stereocenters. The van der Waals surface area contributed by atoms with Gasteiger partial charge in [0.05, 0.1) is 46.7 Å². The molecule has 0 bridgehead atoms. The van der Waals surface area contributed by atoms with E-state index in [2.05, 4.69) is 47.9 Å². The second-order valence-corrected chi connectivity index (χ2v) is 9.33. The number of hydrogen-bond acceptors (Lipinski definition) is 6. The zero-order chi connectivity index (χ0) is 22.6. The van der Waals surface area contributed by atoms with E-state index < -0.39 is 0 Å². The van der Waals surface area contributed by atoms with Crippen molar-refractivity contribution in [2.75, 3.05) is 41.5 Å². The lowest BCUT2D eigenvalue weighted by Crippen LogP contribution is -2.46. The van der Waals surface area contributed by atoms with E-state index >= 15 is 0 Å². The number of methoxy groups -OCH3 is 4. The molecule has 1 saturated heterocycles. The molecule has 2 aromatic rings. The van der Waals surface area contributed by atoms with Gasteiger partial charge in [-0.1, -0.05) is 13.8 Å². The van der Waals surface area contributed by atoms with Crippen LogP contribution in [0.5, 0.6) is 23.0 Å². The van der Waals surface area contributed by atoms with Crippen LogP contribution in [0.1, 0.15) is 48.2 Å². The number of rotatable bonds is 5. The van der Waals surface area contributed by atoms with Crippen LogP contribution in [0.3, 0.4) is 0 Å². The summed E-state index contributed by atoms with van der Waals surface area (Å²) in [4.78, 5) is 5.44. The van der Waals surface area contributed by atoms with Crippen LogP contribution in [0.15, 0.2) is 24.3 Å². The first-order valence-electron chi connectivity index (χ1n) is 11.5. The SMILES string of the molecule is COc1cc2c(cc1OC)[C@H]1[C@@H]3c4cc(OC)c(OC)cc4CCN3C(C(C)C)N1CC2. The number of nitrogens with zero attached hydrogens (tertiary/aromatic N) is 2. The minimum absolute atomic E-state index is 0.267. The summed E-state index contributed by atoms with van der Waals surface area (Å²) in [6, 6.07) is 9.31. The Labute approximate surface area is 191 Å². The second-order valence-electron chi connectivity index (χ2n) is 9.33. The Bertz CT molecular complexity index is 944. The minimum Gasteiger partial charge on any atom is -0.493 e. The molecular weight excluding hydrogens is 404 g/mol. The molecule has 6 nitrogen and oxygen atoms in total. The Morgan fingerprint density at radius 2 is 1.03 bits per heavy atom. The molecule has 3 aliphatic heterocycles. The Kier molecular flexibility index (Phi) is 5.46. The van der Waals surface area contributed by atoms with Gasteiger partial charge in [0.2, 0.25) is 0 Å². The summed E-state index contributed by atoms with van der Waals surface area (Å²) in [6.07, 6.45) is 2.45. The summed E-state index contributed by atoms with van der Waals surface area (Å²) in [5.41, 5.74) is 5.44. The third-order valence-corrected chi connectivity index (χ3v) is 7.50. The molecule has 3 heterocycles. The molecule has 0 aromatic heterocycles. The van der Waals surface area contributed by atoms with Crippen molar-refractivity contribution in [1.82, 2.24) is 9.80 Å². The van der Waals surface area contributed by atoms with E-state index in [1.807, 2.05) is 0 Å². The Morgan fingerprint density at radius 3 is 1.38 bits per heavy atom. The molecule has 0 spiro atoms. The highest BCUT2D eigenvalue weighted by molar-refractivity contribution is 5.54. The largest absolute Gasteiger partial charge is 0.493 e. The van der Waals surface area contributed by atoms with E-state index in [1.165, 1.54) is 22.3 Å². The van der Waals surface area contributed by atoms with Crippen molar-refractivity contribution < 1.29 is 18.9 Å². The first kappa shape index (κ1) is 21.4. The van der Waals surface area contributed by atoms with Crippen molar-refractivity contribution in [3.05, 3.63) is 46.5 Å². The van der Waals surface area contributed by atoms with Gasteiger partial charge in [-0.05, 0) is 65.3 Å². The highest BCUT2D eigenvalue weighted by Gasteiger charge is 2.52. The van der Waals surface area contributed by atoms with E-state index in [-0.39, 0.29) is 12.1 Å². The lowest BCUT2D eigenvalue weighted by Gasteiger charge is -2.38. The molecule has 0 saturated carbocycles. The highest BCUT2D eigenvalue weighted by Crippen LogP contribution is 2.55. The molecule has 172 valence electrons. The summed E-state index contributed by atoms with van der Waals surface area (Å²) >= 11 is 0. The molecule has 0 unspecified atom stereocenters. The van der Waals surface area contributed by atoms with Gasteiger partial charge in [0.15, 0.2) is 23.0 Å². The molecule has 0 N–H and O–H groups in total. The molecule has 0 aliphatic carbocycles. The van der Waals surface area contributed by atoms with Crippen LogP contribution < -0.4 is 18.9 Å². The molecule has 32 heavy (non-hydrogen) atoms. The van der Waals surface area contributed by atoms with Crippen LogP contribution in [0.4, 0.5) is 0 Å². The molecular formula is C26H34N2O4. The van der Waals surface area contributed by atoms with Crippen molar-refractivity contribution in [3.63, 3.8) is 0 Å². The summed E-state index contributed by atoms with van der Waals surface area (Å²) < 4.78 is 22.6. The van der Waals surface area contributed by atoms with Gasteiger partial charge in [0.1, 0.15) is 0 Å².